The number of hydrogen-bond donors (Lipinski definition) is 2. The summed E-state index contributed by atoms with van der Waals surface area (Å²) in [5, 5.41) is 5.65. The van der Waals surface area contributed by atoms with Gasteiger partial charge in [-0.05, 0) is 50.4 Å². The molecule has 114 valence electrons. The van der Waals surface area contributed by atoms with Crippen LogP contribution in [-0.4, -0.2) is 28.5 Å². The normalized spacial score (nSPS) is 51.2. The number of nitrogens with one attached hydrogen (secondary N) is 2. The highest BCUT2D eigenvalue weighted by Crippen LogP contribution is 2.54. The van der Waals surface area contributed by atoms with Gasteiger partial charge >= 0.3 is 0 Å². The molecular formula is C16H23N3O2. The van der Waals surface area contributed by atoms with Crippen molar-refractivity contribution in [3.8, 4) is 0 Å². The highest BCUT2D eigenvalue weighted by molar-refractivity contribution is 5.87. The first-order valence-electron chi connectivity index (χ1n) is 8.60. The third-order valence-corrected chi connectivity index (χ3v) is 6.94. The summed E-state index contributed by atoms with van der Waals surface area (Å²) in [6.45, 7) is 0. The van der Waals surface area contributed by atoms with Crippen molar-refractivity contribution in [3.63, 3.8) is 0 Å². The third kappa shape index (κ3) is 1.46. The maximum atomic E-state index is 13.1. The quantitative estimate of drug-likeness (QED) is 0.703. The number of rotatable bonds is 0. The number of carbonyl (C=O) groups excluding carboxylic acids is 2. The first-order chi connectivity index (χ1) is 10.2. The molecule has 2 aliphatic heterocycles. The number of fused-ring (bicyclic) bond motifs is 5. The Morgan fingerprint density at radius 3 is 2.86 bits per heavy atom. The molecular weight excluding hydrogens is 266 g/mol. The molecule has 5 aliphatic rings. The van der Waals surface area contributed by atoms with Crippen molar-refractivity contribution >= 4 is 11.8 Å². The molecule has 5 heteroatoms. The van der Waals surface area contributed by atoms with Crippen molar-refractivity contribution in [1.82, 2.24) is 15.8 Å². The van der Waals surface area contributed by atoms with Crippen molar-refractivity contribution < 1.29 is 9.59 Å². The van der Waals surface area contributed by atoms with Crippen LogP contribution in [0.4, 0.5) is 0 Å². The van der Waals surface area contributed by atoms with E-state index in [9.17, 15) is 9.59 Å². The zero-order chi connectivity index (χ0) is 14.2. The van der Waals surface area contributed by atoms with Crippen LogP contribution >= 0.6 is 0 Å². The smallest absolute Gasteiger partial charge is 0.247 e. The zero-order valence-electron chi connectivity index (χ0n) is 12.3. The van der Waals surface area contributed by atoms with E-state index in [1.165, 1.54) is 25.7 Å². The van der Waals surface area contributed by atoms with Crippen LogP contribution in [0.25, 0.3) is 0 Å². The van der Waals surface area contributed by atoms with Crippen molar-refractivity contribution in [2.75, 3.05) is 0 Å². The van der Waals surface area contributed by atoms with E-state index in [1.54, 1.807) is 5.01 Å². The van der Waals surface area contributed by atoms with E-state index in [1.807, 2.05) is 0 Å². The molecule has 0 radical (unpaired) electrons. The lowest BCUT2D eigenvalue weighted by molar-refractivity contribution is -0.186. The molecule has 6 atom stereocenters. The molecule has 2 bridgehead atoms. The van der Waals surface area contributed by atoms with Gasteiger partial charge in [0.05, 0.1) is 5.92 Å². The summed E-state index contributed by atoms with van der Waals surface area (Å²) in [5.74, 6) is 1.85. The van der Waals surface area contributed by atoms with Gasteiger partial charge in [-0.15, -0.1) is 0 Å². The van der Waals surface area contributed by atoms with Crippen LogP contribution in [0.1, 0.15) is 51.4 Å². The predicted octanol–water partition coefficient (Wildman–Crippen LogP) is 1.15. The zero-order valence-corrected chi connectivity index (χ0v) is 12.3. The lowest BCUT2D eigenvalue weighted by Gasteiger charge is -2.60. The topological polar surface area (TPSA) is 61.4 Å². The van der Waals surface area contributed by atoms with Gasteiger partial charge < -0.3 is 0 Å². The summed E-state index contributed by atoms with van der Waals surface area (Å²) < 4.78 is 0. The number of nitrogens with zero attached hydrogens (tertiary/aromatic N) is 1. The Labute approximate surface area is 124 Å². The molecule has 0 aromatic heterocycles. The van der Waals surface area contributed by atoms with Gasteiger partial charge in [0.25, 0.3) is 0 Å². The second-order valence-corrected chi connectivity index (χ2v) is 7.81. The number of hydrogen-bond acceptors (Lipinski definition) is 3. The summed E-state index contributed by atoms with van der Waals surface area (Å²) in [6, 6.07) is 0.364. The maximum Gasteiger partial charge on any atom is 0.247 e. The van der Waals surface area contributed by atoms with Crippen LogP contribution < -0.4 is 10.7 Å². The molecule has 3 saturated carbocycles. The standard InChI is InChI=1S/C16H23N3O2/c20-12-8-11-3-1-2-6-16(11)17-14-10-5-4-9(7-10)13(14)15(21)19(16)18-12/h9-11,13-14,17H,1-8H2,(H,18,20)/t9-,10+,11-,13+,14-,16-/m0/s1. The van der Waals surface area contributed by atoms with Crippen molar-refractivity contribution in [2.45, 2.75) is 63.1 Å². The van der Waals surface area contributed by atoms with E-state index in [0.717, 1.165) is 19.3 Å². The van der Waals surface area contributed by atoms with Gasteiger partial charge in [0.2, 0.25) is 11.8 Å². The Bertz CT molecular complexity index is 522. The second kappa shape index (κ2) is 4.00. The van der Waals surface area contributed by atoms with E-state index >= 15 is 0 Å². The van der Waals surface area contributed by atoms with E-state index < -0.39 is 0 Å². The fraction of sp³-hybridized carbons (Fsp3) is 0.875. The van der Waals surface area contributed by atoms with Crippen LogP contribution in [0.5, 0.6) is 0 Å². The lowest BCUT2D eigenvalue weighted by atomic mass is 9.70. The van der Waals surface area contributed by atoms with Gasteiger partial charge in [-0.3, -0.25) is 20.3 Å². The van der Waals surface area contributed by atoms with Crippen LogP contribution in [0.3, 0.4) is 0 Å². The highest BCUT2D eigenvalue weighted by Gasteiger charge is 2.63. The Morgan fingerprint density at radius 2 is 1.95 bits per heavy atom. The summed E-state index contributed by atoms with van der Waals surface area (Å²) in [7, 11) is 0. The van der Waals surface area contributed by atoms with Gasteiger partial charge in [-0.2, -0.15) is 0 Å². The van der Waals surface area contributed by atoms with Gasteiger partial charge in [-0.25, -0.2) is 5.01 Å². The highest BCUT2D eigenvalue weighted by atomic mass is 16.2. The van der Waals surface area contributed by atoms with Crippen molar-refractivity contribution in [3.05, 3.63) is 0 Å². The molecule has 0 aromatic rings. The molecule has 5 fully saturated rings. The predicted molar refractivity (Wildman–Crippen MR) is 75.5 cm³/mol. The summed E-state index contributed by atoms with van der Waals surface area (Å²) in [6.07, 6.45) is 8.63. The molecule has 5 nitrogen and oxygen atoms in total. The molecule has 5 rings (SSSR count). The van der Waals surface area contributed by atoms with Crippen LogP contribution in [0.15, 0.2) is 0 Å². The average Bonchev–Trinajstić information content (AvgIpc) is 3.07. The second-order valence-electron chi connectivity index (χ2n) is 7.81. The molecule has 3 aliphatic carbocycles. The van der Waals surface area contributed by atoms with Crippen molar-refractivity contribution in [2.24, 2.45) is 23.7 Å². The Balaban J connectivity index is 1.57. The molecule has 0 aromatic carbocycles. The Kier molecular flexibility index (Phi) is 2.37. The van der Waals surface area contributed by atoms with Gasteiger partial charge in [0.1, 0.15) is 5.66 Å². The Hall–Kier alpha value is -1.10. The van der Waals surface area contributed by atoms with Crippen molar-refractivity contribution in [1.29, 1.82) is 0 Å². The molecule has 1 spiro atoms. The first kappa shape index (κ1) is 12.4. The minimum atomic E-state index is -0.283. The molecule has 2 amide bonds. The molecule has 0 unspecified atom stereocenters. The summed E-state index contributed by atoms with van der Waals surface area (Å²) in [4.78, 5) is 25.1. The molecule has 2 heterocycles. The molecule has 21 heavy (non-hydrogen) atoms. The van der Waals surface area contributed by atoms with E-state index in [0.29, 0.717) is 30.2 Å². The minimum absolute atomic E-state index is 0.0225. The third-order valence-electron chi connectivity index (χ3n) is 6.94. The van der Waals surface area contributed by atoms with Gasteiger partial charge in [0.15, 0.2) is 0 Å². The average molecular weight is 289 g/mol. The van der Waals surface area contributed by atoms with E-state index in [2.05, 4.69) is 10.7 Å². The number of amides is 2. The number of carbonyl (C=O) groups is 2. The maximum absolute atomic E-state index is 13.1. The summed E-state index contributed by atoms with van der Waals surface area (Å²) in [5.41, 5.74) is 2.63. The van der Waals surface area contributed by atoms with Gasteiger partial charge in [-0.1, -0.05) is 6.42 Å². The number of hydrazine groups is 1. The molecule has 2 N–H and O–H groups in total. The van der Waals surface area contributed by atoms with Crippen LogP contribution in [0, 0.1) is 23.7 Å². The Morgan fingerprint density at radius 1 is 1.10 bits per heavy atom. The first-order valence-corrected chi connectivity index (χ1v) is 8.60. The van der Waals surface area contributed by atoms with E-state index in [4.69, 9.17) is 0 Å². The fourth-order valence-electron chi connectivity index (χ4n) is 6.09. The van der Waals surface area contributed by atoms with Gasteiger partial charge in [0, 0.05) is 18.4 Å². The fourth-order valence-corrected chi connectivity index (χ4v) is 6.09. The molecule has 2 saturated heterocycles. The lowest BCUT2D eigenvalue weighted by Crippen LogP contribution is -2.80. The monoisotopic (exact) mass is 289 g/mol. The summed E-state index contributed by atoms with van der Waals surface area (Å²) >= 11 is 0. The largest absolute Gasteiger partial charge is 0.289 e. The van der Waals surface area contributed by atoms with Crippen LogP contribution in [0.2, 0.25) is 0 Å². The minimum Gasteiger partial charge on any atom is -0.289 e. The SMILES string of the molecule is O=C1C[C@@H]2CCCC[C@@]23N[C@H]2[C@@H]4CC[C@@H](C4)[C@H]2C(=O)N3N1. The van der Waals surface area contributed by atoms with E-state index in [-0.39, 0.29) is 23.4 Å². The van der Waals surface area contributed by atoms with Crippen LogP contribution in [-0.2, 0) is 9.59 Å².